The van der Waals surface area contributed by atoms with Crippen LogP contribution in [0.2, 0.25) is 0 Å². The van der Waals surface area contributed by atoms with Crippen molar-refractivity contribution in [3.05, 3.63) is 18.0 Å². The molecule has 0 amide bonds. The summed E-state index contributed by atoms with van der Waals surface area (Å²) in [5, 5.41) is 15.3. The van der Waals surface area contributed by atoms with Gasteiger partial charge in [0.15, 0.2) is 0 Å². The summed E-state index contributed by atoms with van der Waals surface area (Å²) in [5.41, 5.74) is 0.980. The van der Waals surface area contributed by atoms with Crippen LogP contribution in [0.4, 0.5) is 0 Å². The maximum atomic E-state index is 10.9. The highest BCUT2D eigenvalue weighted by atomic mass is 16.3. The van der Waals surface area contributed by atoms with Crippen LogP contribution in [0.1, 0.15) is 57.1 Å². The Morgan fingerprint density at radius 1 is 1.26 bits per heavy atom. The average Bonchev–Trinajstić information content (AvgIpc) is 3.17. The van der Waals surface area contributed by atoms with Gasteiger partial charge in [0.25, 0.3) is 0 Å². The molecule has 3 rings (SSSR count). The zero-order valence-corrected chi connectivity index (χ0v) is 11.9. The third kappa shape index (κ3) is 2.21. The number of hydrogen-bond acceptors (Lipinski definition) is 3. The molecule has 0 spiro atoms. The van der Waals surface area contributed by atoms with E-state index in [9.17, 15) is 5.11 Å². The Morgan fingerprint density at radius 3 is 2.53 bits per heavy atom. The Bertz CT molecular complexity index is 417. The molecule has 1 N–H and O–H groups in total. The van der Waals surface area contributed by atoms with E-state index in [0.29, 0.717) is 0 Å². The standard InChI is InChI=1S/C15H25N3O/c1-2-18-12-13(11-16-18)14(19)15(7-3-4-8-15)17-9-5-6-10-17/h11-12,14,19H,2-10H2,1H3. The fourth-order valence-corrected chi connectivity index (χ4v) is 3.92. The number of aliphatic hydroxyl groups is 1. The molecule has 2 heterocycles. The third-order valence-corrected chi connectivity index (χ3v) is 5.01. The van der Waals surface area contributed by atoms with Gasteiger partial charge < -0.3 is 5.11 Å². The predicted octanol–water partition coefficient (Wildman–Crippen LogP) is 2.35. The fraction of sp³-hybridized carbons (Fsp3) is 0.800. The first kappa shape index (κ1) is 13.1. The Balaban J connectivity index is 1.86. The van der Waals surface area contributed by atoms with Crippen LogP contribution in [-0.2, 0) is 6.54 Å². The molecule has 1 aromatic heterocycles. The lowest BCUT2D eigenvalue weighted by atomic mass is 9.85. The summed E-state index contributed by atoms with van der Waals surface area (Å²) in [4.78, 5) is 2.55. The molecule has 0 bridgehead atoms. The minimum absolute atomic E-state index is 0.0158. The summed E-state index contributed by atoms with van der Waals surface area (Å²) in [6, 6.07) is 0. The van der Waals surface area contributed by atoms with Crippen LogP contribution in [0.3, 0.4) is 0 Å². The van der Waals surface area contributed by atoms with Crippen molar-refractivity contribution in [1.82, 2.24) is 14.7 Å². The van der Waals surface area contributed by atoms with E-state index in [-0.39, 0.29) is 11.6 Å². The summed E-state index contributed by atoms with van der Waals surface area (Å²) in [6.07, 6.45) is 10.8. The minimum Gasteiger partial charge on any atom is -0.386 e. The molecule has 1 atom stereocenters. The van der Waals surface area contributed by atoms with Gasteiger partial charge in [-0.05, 0) is 45.7 Å². The number of rotatable bonds is 4. The molecule has 1 saturated carbocycles. The van der Waals surface area contributed by atoms with Crippen LogP contribution in [0, 0.1) is 0 Å². The van der Waals surface area contributed by atoms with Gasteiger partial charge in [0, 0.05) is 18.3 Å². The van der Waals surface area contributed by atoms with Crippen LogP contribution >= 0.6 is 0 Å². The summed E-state index contributed by atoms with van der Waals surface area (Å²) >= 11 is 0. The van der Waals surface area contributed by atoms with E-state index in [2.05, 4.69) is 16.9 Å². The van der Waals surface area contributed by atoms with Crippen molar-refractivity contribution in [3.63, 3.8) is 0 Å². The van der Waals surface area contributed by atoms with E-state index < -0.39 is 0 Å². The highest BCUT2D eigenvalue weighted by molar-refractivity contribution is 5.17. The molecule has 1 aliphatic carbocycles. The van der Waals surface area contributed by atoms with E-state index in [1.807, 2.05) is 17.1 Å². The number of likely N-dealkylation sites (tertiary alicyclic amines) is 1. The van der Waals surface area contributed by atoms with E-state index in [1.54, 1.807) is 0 Å². The van der Waals surface area contributed by atoms with Gasteiger partial charge in [0.2, 0.25) is 0 Å². The molecule has 19 heavy (non-hydrogen) atoms. The maximum Gasteiger partial charge on any atom is 0.100 e. The first-order valence-electron chi connectivity index (χ1n) is 7.72. The fourth-order valence-electron chi connectivity index (χ4n) is 3.92. The zero-order chi connectivity index (χ0) is 13.3. The topological polar surface area (TPSA) is 41.3 Å². The molecular formula is C15H25N3O. The van der Waals surface area contributed by atoms with E-state index in [4.69, 9.17) is 0 Å². The molecule has 4 heteroatoms. The summed E-state index contributed by atoms with van der Waals surface area (Å²) < 4.78 is 1.91. The first-order valence-corrected chi connectivity index (χ1v) is 7.72. The number of hydrogen-bond donors (Lipinski definition) is 1. The van der Waals surface area contributed by atoms with Gasteiger partial charge in [-0.2, -0.15) is 5.10 Å². The highest BCUT2D eigenvalue weighted by Crippen LogP contribution is 2.45. The molecular weight excluding hydrogens is 238 g/mol. The molecule has 1 aliphatic heterocycles. The zero-order valence-electron chi connectivity index (χ0n) is 11.9. The van der Waals surface area contributed by atoms with Crippen LogP contribution < -0.4 is 0 Å². The van der Waals surface area contributed by atoms with Crippen LogP contribution in [-0.4, -0.2) is 38.4 Å². The second kappa shape index (κ2) is 5.25. The van der Waals surface area contributed by atoms with Crippen molar-refractivity contribution in [2.75, 3.05) is 13.1 Å². The SMILES string of the molecule is CCn1cc(C(O)C2(N3CCCC3)CCCC2)cn1. The van der Waals surface area contributed by atoms with Crippen molar-refractivity contribution < 1.29 is 5.11 Å². The lowest BCUT2D eigenvalue weighted by Crippen LogP contribution is -2.49. The predicted molar refractivity (Wildman–Crippen MR) is 74.9 cm³/mol. The maximum absolute atomic E-state index is 10.9. The second-order valence-electron chi connectivity index (χ2n) is 6.04. The van der Waals surface area contributed by atoms with Gasteiger partial charge in [-0.15, -0.1) is 0 Å². The van der Waals surface area contributed by atoms with E-state index in [0.717, 1.165) is 38.0 Å². The summed E-state index contributed by atoms with van der Waals surface area (Å²) in [5.74, 6) is 0. The van der Waals surface area contributed by atoms with Crippen LogP contribution in [0.5, 0.6) is 0 Å². The molecule has 106 valence electrons. The lowest BCUT2D eigenvalue weighted by Gasteiger charge is -2.42. The molecule has 1 aromatic rings. The van der Waals surface area contributed by atoms with Gasteiger partial charge >= 0.3 is 0 Å². The Morgan fingerprint density at radius 2 is 1.95 bits per heavy atom. The van der Waals surface area contributed by atoms with Crippen molar-refractivity contribution >= 4 is 0 Å². The highest BCUT2D eigenvalue weighted by Gasteiger charge is 2.46. The second-order valence-corrected chi connectivity index (χ2v) is 6.04. The molecule has 2 aliphatic rings. The number of aryl methyl sites for hydroxylation is 1. The Labute approximate surface area is 115 Å². The number of nitrogens with zero attached hydrogens (tertiary/aromatic N) is 3. The average molecular weight is 263 g/mol. The first-order chi connectivity index (χ1) is 9.26. The van der Waals surface area contributed by atoms with Crippen molar-refractivity contribution in [3.8, 4) is 0 Å². The summed E-state index contributed by atoms with van der Waals surface area (Å²) in [6.45, 7) is 5.25. The Hall–Kier alpha value is -0.870. The van der Waals surface area contributed by atoms with Gasteiger partial charge in [0.05, 0.1) is 11.7 Å². The molecule has 1 saturated heterocycles. The lowest BCUT2D eigenvalue weighted by molar-refractivity contribution is -0.0196. The minimum atomic E-state index is -0.381. The van der Waals surface area contributed by atoms with Gasteiger partial charge in [-0.1, -0.05) is 12.8 Å². The smallest absolute Gasteiger partial charge is 0.100 e. The van der Waals surface area contributed by atoms with Crippen molar-refractivity contribution in [1.29, 1.82) is 0 Å². The monoisotopic (exact) mass is 263 g/mol. The Kier molecular flexibility index (Phi) is 3.63. The van der Waals surface area contributed by atoms with Gasteiger partial charge in [0.1, 0.15) is 6.10 Å². The van der Waals surface area contributed by atoms with E-state index >= 15 is 0 Å². The van der Waals surface area contributed by atoms with Crippen LogP contribution in [0.15, 0.2) is 12.4 Å². The van der Waals surface area contributed by atoms with Crippen LogP contribution in [0.25, 0.3) is 0 Å². The van der Waals surface area contributed by atoms with E-state index in [1.165, 1.54) is 25.7 Å². The molecule has 1 unspecified atom stereocenters. The van der Waals surface area contributed by atoms with Gasteiger partial charge in [-0.25, -0.2) is 0 Å². The molecule has 0 aromatic carbocycles. The molecule has 4 nitrogen and oxygen atoms in total. The van der Waals surface area contributed by atoms with Gasteiger partial charge in [-0.3, -0.25) is 9.58 Å². The van der Waals surface area contributed by atoms with Crippen molar-refractivity contribution in [2.45, 2.75) is 63.6 Å². The van der Waals surface area contributed by atoms with Crippen molar-refractivity contribution in [2.24, 2.45) is 0 Å². The number of aliphatic hydroxyl groups excluding tert-OH is 1. The molecule has 0 radical (unpaired) electrons. The third-order valence-electron chi connectivity index (χ3n) is 5.01. The normalized spacial score (nSPS) is 24.9. The number of aromatic nitrogens is 2. The largest absolute Gasteiger partial charge is 0.386 e. The quantitative estimate of drug-likeness (QED) is 0.906. The summed E-state index contributed by atoms with van der Waals surface area (Å²) in [7, 11) is 0. The molecule has 2 fully saturated rings.